The summed E-state index contributed by atoms with van der Waals surface area (Å²) in [5, 5.41) is 25.6. The van der Waals surface area contributed by atoms with Crippen LogP contribution < -0.4 is 16.4 Å². The van der Waals surface area contributed by atoms with Crippen molar-refractivity contribution in [3.8, 4) is 34.2 Å². The van der Waals surface area contributed by atoms with Gasteiger partial charge in [-0.2, -0.15) is 5.26 Å². The fourth-order valence-electron chi connectivity index (χ4n) is 3.53. The number of nitriles is 1. The lowest BCUT2D eigenvalue weighted by atomic mass is 9.96. The minimum absolute atomic E-state index is 0. The summed E-state index contributed by atoms with van der Waals surface area (Å²) in [7, 11) is 0. The van der Waals surface area contributed by atoms with Crippen LogP contribution in [0, 0.1) is 17.1 Å². The van der Waals surface area contributed by atoms with Gasteiger partial charge in [-0.15, -0.1) is 12.4 Å². The Kier molecular flexibility index (Phi) is 8.58. The summed E-state index contributed by atoms with van der Waals surface area (Å²) in [5.41, 5.74) is 6.94. The SMILES string of the molecule is Cl.N#Cc1c(-c2cccc(C(=O)NCCN)c2)cc(-c2ccc(F)cc2O)nc1NC(=O)c1ccco1. The molecule has 188 valence electrons. The van der Waals surface area contributed by atoms with Crippen LogP contribution >= 0.6 is 12.4 Å². The number of nitrogens with zero attached hydrogens (tertiary/aromatic N) is 2. The number of phenolic OH excluding ortho intramolecular Hbond substituents is 1. The van der Waals surface area contributed by atoms with Crippen LogP contribution in [0.2, 0.25) is 0 Å². The molecule has 2 heterocycles. The van der Waals surface area contributed by atoms with E-state index in [0.29, 0.717) is 23.2 Å². The first-order valence-electron chi connectivity index (χ1n) is 10.8. The molecule has 0 spiro atoms. The zero-order chi connectivity index (χ0) is 25.7. The van der Waals surface area contributed by atoms with E-state index in [4.69, 9.17) is 10.2 Å². The molecule has 0 saturated heterocycles. The number of nitrogens with two attached hydrogens (primary N) is 1. The van der Waals surface area contributed by atoms with Crippen molar-refractivity contribution in [2.45, 2.75) is 0 Å². The zero-order valence-corrected chi connectivity index (χ0v) is 20.0. The molecule has 4 rings (SSSR count). The number of aromatic hydroxyl groups is 1. The number of furan rings is 1. The van der Waals surface area contributed by atoms with E-state index in [1.807, 2.05) is 0 Å². The average Bonchev–Trinajstić information content (AvgIpc) is 3.42. The summed E-state index contributed by atoms with van der Waals surface area (Å²) < 4.78 is 18.7. The Morgan fingerprint density at radius 3 is 2.57 bits per heavy atom. The zero-order valence-electron chi connectivity index (χ0n) is 19.2. The number of phenols is 1. The molecule has 0 saturated carbocycles. The van der Waals surface area contributed by atoms with Crippen molar-refractivity contribution >= 4 is 30.0 Å². The van der Waals surface area contributed by atoms with Gasteiger partial charge >= 0.3 is 0 Å². The molecule has 2 amide bonds. The Labute approximate surface area is 217 Å². The van der Waals surface area contributed by atoms with Crippen LogP contribution in [0.5, 0.6) is 5.75 Å². The molecule has 9 nitrogen and oxygen atoms in total. The Morgan fingerprint density at radius 1 is 1.08 bits per heavy atom. The summed E-state index contributed by atoms with van der Waals surface area (Å²) in [6.07, 6.45) is 1.33. The second kappa shape index (κ2) is 11.8. The van der Waals surface area contributed by atoms with Crippen molar-refractivity contribution in [2.75, 3.05) is 18.4 Å². The van der Waals surface area contributed by atoms with Crippen molar-refractivity contribution in [3.63, 3.8) is 0 Å². The van der Waals surface area contributed by atoms with E-state index < -0.39 is 11.7 Å². The second-order valence-electron chi connectivity index (χ2n) is 7.61. The van der Waals surface area contributed by atoms with E-state index in [1.54, 1.807) is 24.3 Å². The number of hydrogen-bond acceptors (Lipinski definition) is 7. The molecule has 0 atom stereocenters. The first-order valence-corrected chi connectivity index (χ1v) is 10.8. The predicted octanol–water partition coefficient (Wildman–Crippen LogP) is 4.09. The maximum absolute atomic E-state index is 13.6. The molecule has 11 heteroatoms. The molecule has 0 aliphatic rings. The minimum atomic E-state index is -0.648. The smallest absolute Gasteiger partial charge is 0.292 e. The summed E-state index contributed by atoms with van der Waals surface area (Å²) >= 11 is 0. The minimum Gasteiger partial charge on any atom is -0.507 e. The van der Waals surface area contributed by atoms with Gasteiger partial charge in [0.2, 0.25) is 0 Å². The lowest BCUT2D eigenvalue weighted by molar-refractivity contribution is 0.0953. The van der Waals surface area contributed by atoms with Crippen molar-refractivity contribution in [2.24, 2.45) is 5.73 Å². The highest BCUT2D eigenvalue weighted by Gasteiger charge is 2.21. The molecule has 0 aliphatic heterocycles. The number of aromatic nitrogens is 1. The standard InChI is InChI=1S/C26H20FN5O4.ClH/c27-17-6-7-18(22(33)12-17)21-13-19(15-3-1-4-16(11-15)25(34)30-9-8-28)20(14-29)24(31-21)32-26(35)23-5-2-10-36-23;/h1-7,10-13,33H,8-9,28H2,(H,30,34)(H,31,32,35);1H. The molecular formula is C26H21ClFN5O4. The lowest BCUT2D eigenvalue weighted by Crippen LogP contribution is -2.28. The number of amides is 2. The Morgan fingerprint density at radius 2 is 1.89 bits per heavy atom. The van der Waals surface area contributed by atoms with Gasteiger partial charge < -0.3 is 25.9 Å². The maximum Gasteiger partial charge on any atom is 0.292 e. The molecule has 0 bridgehead atoms. The van der Waals surface area contributed by atoms with E-state index in [-0.39, 0.29) is 59.0 Å². The van der Waals surface area contributed by atoms with Gasteiger partial charge in [0.15, 0.2) is 11.6 Å². The molecule has 2 aromatic carbocycles. The van der Waals surface area contributed by atoms with Crippen LogP contribution in [-0.2, 0) is 0 Å². The van der Waals surface area contributed by atoms with Crippen LogP contribution in [-0.4, -0.2) is 35.0 Å². The maximum atomic E-state index is 13.6. The van der Waals surface area contributed by atoms with Gasteiger partial charge in [-0.3, -0.25) is 9.59 Å². The van der Waals surface area contributed by atoms with Gasteiger partial charge in [0.25, 0.3) is 11.8 Å². The number of carbonyl (C=O) groups excluding carboxylic acids is 2. The van der Waals surface area contributed by atoms with Gasteiger partial charge in [0.05, 0.1) is 12.0 Å². The number of pyridine rings is 1. The van der Waals surface area contributed by atoms with Crippen LogP contribution in [0.1, 0.15) is 26.5 Å². The van der Waals surface area contributed by atoms with E-state index in [0.717, 1.165) is 12.1 Å². The highest BCUT2D eigenvalue weighted by molar-refractivity contribution is 6.03. The van der Waals surface area contributed by atoms with Gasteiger partial charge in [0, 0.05) is 35.8 Å². The van der Waals surface area contributed by atoms with Crippen LogP contribution in [0.3, 0.4) is 0 Å². The molecular weight excluding hydrogens is 501 g/mol. The highest BCUT2D eigenvalue weighted by Crippen LogP contribution is 2.36. The molecule has 0 fully saturated rings. The Hall–Kier alpha value is -4.72. The topological polar surface area (TPSA) is 154 Å². The van der Waals surface area contributed by atoms with Crippen LogP contribution in [0.25, 0.3) is 22.4 Å². The van der Waals surface area contributed by atoms with Gasteiger partial charge in [0.1, 0.15) is 23.2 Å². The van der Waals surface area contributed by atoms with Crippen molar-refractivity contribution in [1.29, 1.82) is 5.26 Å². The summed E-state index contributed by atoms with van der Waals surface area (Å²) in [5.74, 6) is -2.13. The predicted molar refractivity (Wildman–Crippen MR) is 137 cm³/mol. The largest absolute Gasteiger partial charge is 0.507 e. The van der Waals surface area contributed by atoms with E-state index in [2.05, 4.69) is 21.7 Å². The number of nitrogens with one attached hydrogen (secondary N) is 2. The highest BCUT2D eigenvalue weighted by atomic mass is 35.5. The average molecular weight is 522 g/mol. The van der Waals surface area contributed by atoms with E-state index >= 15 is 0 Å². The molecule has 2 aromatic heterocycles. The molecule has 37 heavy (non-hydrogen) atoms. The number of carbonyl (C=O) groups is 2. The Bertz CT molecular complexity index is 1490. The van der Waals surface area contributed by atoms with Crippen molar-refractivity contribution in [3.05, 3.63) is 89.6 Å². The van der Waals surface area contributed by atoms with Gasteiger partial charge in [-0.05, 0) is 48.0 Å². The summed E-state index contributed by atoms with van der Waals surface area (Å²) in [6.45, 7) is 0.566. The number of hydrogen-bond donors (Lipinski definition) is 4. The monoisotopic (exact) mass is 521 g/mol. The van der Waals surface area contributed by atoms with E-state index in [1.165, 1.54) is 30.5 Å². The second-order valence-corrected chi connectivity index (χ2v) is 7.61. The van der Waals surface area contributed by atoms with Gasteiger partial charge in [-0.1, -0.05) is 12.1 Å². The number of halogens is 2. The number of anilines is 1. The first-order chi connectivity index (χ1) is 17.4. The number of rotatable bonds is 7. The third-order valence-electron chi connectivity index (χ3n) is 5.21. The summed E-state index contributed by atoms with van der Waals surface area (Å²) in [6, 6.07) is 16.5. The molecule has 4 aromatic rings. The van der Waals surface area contributed by atoms with Crippen LogP contribution in [0.4, 0.5) is 10.2 Å². The number of benzene rings is 2. The molecule has 0 aliphatic carbocycles. The fraction of sp³-hybridized carbons (Fsp3) is 0.0769. The third kappa shape index (κ3) is 5.92. The van der Waals surface area contributed by atoms with Crippen molar-refractivity contribution < 1.29 is 23.5 Å². The summed E-state index contributed by atoms with van der Waals surface area (Å²) in [4.78, 5) is 29.5. The van der Waals surface area contributed by atoms with Crippen LogP contribution in [0.15, 0.2) is 71.3 Å². The van der Waals surface area contributed by atoms with Gasteiger partial charge in [-0.25, -0.2) is 9.37 Å². The third-order valence-corrected chi connectivity index (χ3v) is 5.21. The quantitative estimate of drug-likeness (QED) is 0.285. The fourth-order valence-corrected chi connectivity index (χ4v) is 3.53. The molecule has 5 N–H and O–H groups in total. The molecule has 0 unspecified atom stereocenters. The molecule has 0 radical (unpaired) electrons. The lowest BCUT2D eigenvalue weighted by Gasteiger charge is -2.14. The first kappa shape index (κ1) is 26.9. The van der Waals surface area contributed by atoms with Crippen molar-refractivity contribution in [1.82, 2.24) is 10.3 Å². The van der Waals surface area contributed by atoms with E-state index in [9.17, 15) is 24.3 Å². The normalized spacial score (nSPS) is 10.2. The Balaban J connectivity index is 0.00000380.